The molecule has 0 amide bonds. The molecule has 0 bridgehead atoms. The third kappa shape index (κ3) is 4.92. The monoisotopic (exact) mass is 246 g/mol. The molecule has 2 aliphatic carbocycles. The van der Waals surface area contributed by atoms with Gasteiger partial charge in [0.2, 0.25) is 0 Å². The fourth-order valence-electron chi connectivity index (χ4n) is 2.64. The van der Waals surface area contributed by atoms with Gasteiger partial charge in [-0.1, -0.05) is 12.8 Å². The highest BCUT2D eigenvalue weighted by atomic mass is 16.5. The molecule has 2 aliphatic rings. The van der Waals surface area contributed by atoms with Gasteiger partial charge in [-0.3, -0.25) is 0 Å². The SMILES string of the molecule is C(C#COC1CCCCC1)#COC1CCCCC1. The molecule has 18 heavy (non-hydrogen) atoms. The second kappa shape index (κ2) is 7.93. The average Bonchev–Trinajstić information content (AvgIpc) is 2.45. The Hall–Kier alpha value is -1.28. The third-order valence-corrected chi connectivity index (χ3v) is 3.72. The molecule has 0 aromatic heterocycles. The standard InChI is InChI=1S/C16H22O2/c1-3-9-15(10-4-1)17-13-7-8-14-18-16-11-5-2-6-12-16/h15-16H,1-6,9-12H2. The van der Waals surface area contributed by atoms with Crippen LogP contribution in [0.1, 0.15) is 64.2 Å². The predicted molar refractivity (Wildman–Crippen MR) is 71.5 cm³/mol. The molecular weight excluding hydrogens is 224 g/mol. The molecule has 0 radical (unpaired) electrons. The predicted octanol–water partition coefficient (Wildman–Crippen LogP) is 3.61. The van der Waals surface area contributed by atoms with Gasteiger partial charge in [0.05, 0.1) is 0 Å². The number of hydrogen-bond acceptors (Lipinski definition) is 2. The minimum atomic E-state index is 0.326. The maximum atomic E-state index is 5.46. The molecular formula is C16H22O2. The first-order valence-corrected chi connectivity index (χ1v) is 7.26. The summed E-state index contributed by atoms with van der Waals surface area (Å²) in [5, 5.41) is 0. The van der Waals surface area contributed by atoms with E-state index in [2.05, 4.69) is 24.1 Å². The van der Waals surface area contributed by atoms with Gasteiger partial charge in [0.15, 0.2) is 0 Å². The van der Waals surface area contributed by atoms with Crippen LogP contribution in [0.2, 0.25) is 0 Å². The summed E-state index contributed by atoms with van der Waals surface area (Å²) in [5.74, 6) is 5.43. The normalized spacial score (nSPS) is 21.1. The number of hydrogen-bond donors (Lipinski definition) is 0. The first-order valence-electron chi connectivity index (χ1n) is 7.26. The van der Waals surface area contributed by atoms with Crippen LogP contribution in [-0.4, -0.2) is 12.2 Å². The zero-order valence-electron chi connectivity index (χ0n) is 11.0. The highest BCUT2D eigenvalue weighted by Gasteiger charge is 2.13. The Morgan fingerprint density at radius 1 is 0.556 bits per heavy atom. The Labute approximate surface area is 110 Å². The maximum Gasteiger partial charge on any atom is 0.125 e. The molecule has 0 spiro atoms. The minimum Gasteiger partial charge on any atom is -0.443 e. The molecule has 2 saturated carbocycles. The van der Waals surface area contributed by atoms with E-state index >= 15 is 0 Å². The quantitative estimate of drug-likeness (QED) is 0.693. The molecule has 0 unspecified atom stereocenters. The lowest BCUT2D eigenvalue weighted by atomic mass is 9.98. The molecule has 0 aromatic carbocycles. The Morgan fingerprint density at radius 3 is 1.33 bits per heavy atom. The van der Waals surface area contributed by atoms with Gasteiger partial charge in [-0.05, 0) is 51.4 Å². The molecule has 0 saturated heterocycles. The summed E-state index contributed by atoms with van der Waals surface area (Å²) in [6.45, 7) is 0. The van der Waals surface area contributed by atoms with Crippen molar-refractivity contribution in [2.24, 2.45) is 0 Å². The van der Waals surface area contributed by atoms with E-state index in [1.165, 1.54) is 38.5 Å². The van der Waals surface area contributed by atoms with Crippen LogP contribution in [0.4, 0.5) is 0 Å². The molecule has 0 atom stereocenters. The minimum absolute atomic E-state index is 0.326. The van der Waals surface area contributed by atoms with Crippen molar-refractivity contribution in [2.45, 2.75) is 76.4 Å². The average molecular weight is 246 g/mol. The van der Waals surface area contributed by atoms with Gasteiger partial charge in [0, 0.05) is 11.8 Å². The van der Waals surface area contributed by atoms with Crippen molar-refractivity contribution in [2.75, 3.05) is 0 Å². The lowest BCUT2D eigenvalue weighted by Crippen LogP contribution is -2.14. The van der Waals surface area contributed by atoms with E-state index in [0.29, 0.717) is 12.2 Å². The highest BCUT2D eigenvalue weighted by molar-refractivity contribution is 5.21. The van der Waals surface area contributed by atoms with Gasteiger partial charge < -0.3 is 9.47 Å². The Morgan fingerprint density at radius 2 is 0.944 bits per heavy atom. The van der Waals surface area contributed by atoms with E-state index in [1.54, 1.807) is 0 Å². The zero-order valence-corrected chi connectivity index (χ0v) is 11.0. The van der Waals surface area contributed by atoms with Crippen molar-refractivity contribution in [3.8, 4) is 24.1 Å². The van der Waals surface area contributed by atoms with Gasteiger partial charge >= 0.3 is 0 Å². The van der Waals surface area contributed by atoms with E-state index < -0.39 is 0 Å². The van der Waals surface area contributed by atoms with Crippen LogP contribution in [-0.2, 0) is 9.47 Å². The molecule has 2 fully saturated rings. The molecule has 0 N–H and O–H groups in total. The Bertz CT molecular complexity index is 305. The van der Waals surface area contributed by atoms with Crippen LogP contribution in [0, 0.1) is 24.1 Å². The summed E-state index contributed by atoms with van der Waals surface area (Å²) >= 11 is 0. The van der Waals surface area contributed by atoms with E-state index in [1.807, 2.05) is 0 Å². The number of ether oxygens (including phenoxy) is 2. The third-order valence-electron chi connectivity index (χ3n) is 3.72. The van der Waals surface area contributed by atoms with Crippen molar-refractivity contribution in [1.29, 1.82) is 0 Å². The second-order valence-electron chi connectivity index (χ2n) is 5.21. The summed E-state index contributed by atoms with van der Waals surface area (Å²) in [7, 11) is 0. The van der Waals surface area contributed by atoms with Gasteiger partial charge in [-0.25, -0.2) is 0 Å². The lowest BCUT2D eigenvalue weighted by Gasteiger charge is -2.18. The van der Waals surface area contributed by atoms with Gasteiger partial charge in [-0.15, -0.1) is 0 Å². The molecule has 0 aliphatic heterocycles. The highest BCUT2D eigenvalue weighted by Crippen LogP contribution is 2.20. The van der Waals surface area contributed by atoms with Crippen molar-refractivity contribution >= 4 is 0 Å². The molecule has 2 nitrogen and oxygen atoms in total. The second-order valence-corrected chi connectivity index (χ2v) is 5.21. The topological polar surface area (TPSA) is 18.5 Å². The maximum absolute atomic E-state index is 5.46. The summed E-state index contributed by atoms with van der Waals surface area (Å²) in [4.78, 5) is 0. The largest absolute Gasteiger partial charge is 0.443 e. The molecule has 0 aromatic rings. The fraction of sp³-hybridized carbons (Fsp3) is 0.750. The molecule has 0 heterocycles. The first-order chi connectivity index (χ1) is 8.95. The molecule has 98 valence electrons. The fourth-order valence-corrected chi connectivity index (χ4v) is 2.64. The van der Waals surface area contributed by atoms with Gasteiger partial charge in [0.25, 0.3) is 0 Å². The van der Waals surface area contributed by atoms with Crippen LogP contribution in [0.25, 0.3) is 0 Å². The van der Waals surface area contributed by atoms with Gasteiger partial charge in [-0.2, -0.15) is 0 Å². The van der Waals surface area contributed by atoms with E-state index in [4.69, 9.17) is 9.47 Å². The Balaban J connectivity index is 1.61. The first kappa shape index (κ1) is 13.2. The van der Waals surface area contributed by atoms with Crippen LogP contribution >= 0.6 is 0 Å². The van der Waals surface area contributed by atoms with E-state index in [-0.39, 0.29) is 0 Å². The van der Waals surface area contributed by atoms with Crippen molar-refractivity contribution in [3.05, 3.63) is 0 Å². The summed E-state index contributed by atoms with van der Waals surface area (Å²) in [6.07, 6.45) is 18.3. The van der Waals surface area contributed by atoms with Gasteiger partial charge in [0.1, 0.15) is 24.4 Å². The summed E-state index contributed by atoms with van der Waals surface area (Å²) < 4.78 is 10.9. The van der Waals surface area contributed by atoms with Crippen LogP contribution in [0.15, 0.2) is 0 Å². The zero-order chi connectivity index (χ0) is 12.5. The van der Waals surface area contributed by atoms with Crippen molar-refractivity contribution in [3.63, 3.8) is 0 Å². The number of rotatable bonds is 2. The molecule has 2 heteroatoms. The summed E-state index contributed by atoms with van der Waals surface area (Å²) in [6, 6.07) is 0. The molecule has 2 rings (SSSR count). The van der Waals surface area contributed by atoms with E-state index in [0.717, 1.165) is 25.7 Å². The van der Waals surface area contributed by atoms with Crippen molar-refractivity contribution in [1.82, 2.24) is 0 Å². The lowest BCUT2D eigenvalue weighted by molar-refractivity contribution is 0.123. The summed E-state index contributed by atoms with van der Waals surface area (Å²) in [5.41, 5.74) is 0. The van der Waals surface area contributed by atoms with Crippen LogP contribution in [0.3, 0.4) is 0 Å². The van der Waals surface area contributed by atoms with E-state index in [9.17, 15) is 0 Å². The Kier molecular flexibility index (Phi) is 5.80. The van der Waals surface area contributed by atoms with Crippen LogP contribution in [0.5, 0.6) is 0 Å². The van der Waals surface area contributed by atoms with Crippen LogP contribution < -0.4 is 0 Å². The van der Waals surface area contributed by atoms with Crippen molar-refractivity contribution < 1.29 is 9.47 Å². The smallest absolute Gasteiger partial charge is 0.125 e.